The lowest BCUT2D eigenvalue weighted by Crippen LogP contribution is -2.46. The van der Waals surface area contributed by atoms with E-state index in [2.05, 4.69) is 50.3 Å². The van der Waals surface area contributed by atoms with E-state index in [-0.39, 0.29) is 0 Å². The minimum atomic E-state index is 0.571. The van der Waals surface area contributed by atoms with Gasteiger partial charge >= 0.3 is 0 Å². The Hall–Kier alpha value is -1.66. The summed E-state index contributed by atoms with van der Waals surface area (Å²) in [5.74, 6) is 0. The molecule has 1 aromatic heterocycles. The maximum atomic E-state index is 5.59. The standard InChI is InChI=1S/C15H21N5S/c16-15-18-17-14(21-15)7-4-8-19-9-11-20(12-10-19)13-5-2-1-3-6-13/h1-3,5-6H,4,7-12H2,(H2,16,18). The van der Waals surface area contributed by atoms with Crippen molar-refractivity contribution in [2.24, 2.45) is 0 Å². The molecule has 6 heteroatoms. The second-order valence-electron chi connectivity index (χ2n) is 5.30. The quantitative estimate of drug-likeness (QED) is 0.914. The number of piperazine rings is 1. The molecule has 3 rings (SSSR count). The predicted molar refractivity (Wildman–Crippen MR) is 87.7 cm³/mol. The van der Waals surface area contributed by atoms with Crippen molar-refractivity contribution in [2.75, 3.05) is 43.4 Å². The molecule has 2 heterocycles. The summed E-state index contributed by atoms with van der Waals surface area (Å²) < 4.78 is 0. The van der Waals surface area contributed by atoms with Crippen molar-refractivity contribution in [3.05, 3.63) is 35.3 Å². The van der Waals surface area contributed by atoms with Gasteiger partial charge in [-0.3, -0.25) is 4.90 Å². The van der Waals surface area contributed by atoms with Crippen molar-refractivity contribution in [3.63, 3.8) is 0 Å². The van der Waals surface area contributed by atoms with Gasteiger partial charge in [-0.15, -0.1) is 10.2 Å². The highest BCUT2D eigenvalue weighted by atomic mass is 32.1. The first-order valence-corrected chi connectivity index (χ1v) is 8.23. The fraction of sp³-hybridized carbons (Fsp3) is 0.467. The van der Waals surface area contributed by atoms with Crippen LogP contribution >= 0.6 is 11.3 Å². The Morgan fingerprint density at radius 3 is 2.48 bits per heavy atom. The molecular weight excluding hydrogens is 282 g/mol. The molecule has 2 aromatic rings. The van der Waals surface area contributed by atoms with E-state index in [0.29, 0.717) is 5.13 Å². The maximum absolute atomic E-state index is 5.59. The van der Waals surface area contributed by atoms with Crippen LogP contribution in [0.1, 0.15) is 11.4 Å². The second-order valence-corrected chi connectivity index (χ2v) is 6.40. The van der Waals surface area contributed by atoms with Crippen LogP contribution in [0.15, 0.2) is 30.3 Å². The third-order valence-corrected chi connectivity index (χ3v) is 4.65. The number of nitrogens with zero attached hydrogens (tertiary/aromatic N) is 4. The summed E-state index contributed by atoms with van der Waals surface area (Å²) in [6.07, 6.45) is 2.10. The van der Waals surface area contributed by atoms with Crippen LogP contribution in [0.5, 0.6) is 0 Å². The molecule has 0 atom stereocenters. The van der Waals surface area contributed by atoms with Crippen molar-refractivity contribution in [3.8, 4) is 0 Å². The number of aromatic nitrogens is 2. The third kappa shape index (κ3) is 3.92. The number of rotatable bonds is 5. The smallest absolute Gasteiger partial charge is 0.203 e. The number of hydrogen-bond acceptors (Lipinski definition) is 6. The Labute approximate surface area is 129 Å². The molecule has 0 saturated carbocycles. The Morgan fingerprint density at radius 1 is 1.05 bits per heavy atom. The molecule has 1 saturated heterocycles. The predicted octanol–water partition coefficient (Wildman–Crippen LogP) is 1.88. The van der Waals surface area contributed by atoms with Crippen LogP contribution in [0.4, 0.5) is 10.8 Å². The molecular formula is C15H21N5S. The van der Waals surface area contributed by atoms with Gasteiger partial charge in [0.05, 0.1) is 0 Å². The molecule has 1 aliphatic heterocycles. The van der Waals surface area contributed by atoms with E-state index in [4.69, 9.17) is 5.73 Å². The number of para-hydroxylation sites is 1. The Kier molecular flexibility index (Phi) is 4.67. The van der Waals surface area contributed by atoms with Crippen LogP contribution in [0.25, 0.3) is 0 Å². The number of benzene rings is 1. The summed E-state index contributed by atoms with van der Waals surface area (Å²) in [4.78, 5) is 4.99. The van der Waals surface area contributed by atoms with E-state index in [1.54, 1.807) is 0 Å². The van der Waals surface area contributed by atoms with E-state index >= 15 is 0 Å². The fourth-order valence-corrected chi connectivity index (χ4v) is 3.34. The SMILES string of the molecule is Nc1nnc(CCCN2CCN(c3ccccc3)CC2)s1. The first kappa shape index (κ1) is 14.3. The molecule has 0 aliphatic carbocycles. The highest BCUT2D eigenvalue weighted by molar-refractivity contribution is 7.15. The zero-order valence-electron chi connectivity index (χ0n) is 12.1. The zero-order chi connectivity index (χ0) is 14.5. The van der Waals surface area contributed by atoms with Gasteiger partial charge in [-0.25, -0.2) is 0 Å². The van der Waals surface area contributed by atoms with Crippen LogP contribution in [0.3, 0.4) is 0 Å². The minimum Gasteiger partial charge on any atom is -0.374 e. The lowest BCUT2D eigenvalue weighted by molar-refractivity contribution is 0.255. The van der Waals surface area contributed by atoms with Gasteiger partial charge in [-0.2, -0.15) is 0 Å². The van der Waals surface area contributed by atoms with Gasteiger partial charge < -0.3 is 10.6 Å². The van der Waals surface area contributed by atoms with Gasteiger partial charge in [0.15, 0.2) is 0 Å². The molecule has 1 aliphatic rings. The molecule has 1 fully saturated rings. The number of nitrogen functional groups attached to an aromatic ring is 1. The lowest BCUT2D eigenvalue weighted by atomic mass is 10.2. The Morgan fingerprint density at radius 2 is 1.81 bits per heavy atom. The Bertz CT molecular complexity index is 548. The van der Waals surface area contributed by atoms with Gasteiger partial charge in [0.25, 0.3) is 0 Å². The summed E-state index contributed by atoms with van der Waals surface area (Å²) in [5, 5.41) is 9.54. The van der Waals surface area contributed by atoms with E-state index in [1.807, 2.05) is 0 Å². The molecule has 0 unspecified atom stereocenters. The van der Waals surface area contributed by atoms with Crippen LogP contribution in [-0.2, 0) is 6.42 Å². The average molecular weight is 303 g/mol. The number of anilines is 2. The van der Waals surface area contributed by atoms with Crippen molar-refractivity contribution in [1.29, 1.82) is 0 Å². The van der Waals surface area contributed by atoms with Crippen LogP contribution in [0, 0.1) is 0 Å². The molecule has 0 bridgehead atoms. The molecule has 0 spiro atoms. The van der Waals surface area contributed by atoms with Gasteiger partial charge in [0, 0.05) is 38.3 Å². The van der Waals surface area contributed by atoms with Crippen LogP contribution in [-0.4, -0.2) is 47.8 Å². The fourth-order valence-electron chi connectivity index (χ4n) is 2.69. The van der Waals surface area contributed by atoms with E-state index in [0.717, 1.165) is 50.6 Å². The first-order valence-electron chi connectivity index (χ1n) is 7.41. The number of hydrogen-bond donors (Lipinski definition) is 1. The lowest BCUT2D eigenvalue weighted by Gasteiger charge is -2.36. The summed E-state index contributed by atoms with van der Waals surface area (Å²) in [5.41, 5.74) is 6.93. The molecule has 2 N–H and O–H groups in total. The van der Waals surface area contributed by atoms with Gasteiger partial charge in [0.2, 0.25) is 5.13 Å². The van der Waals surface area contributed by atoms with Crippen molar-refractivity contribution >= 4 is 22.2 Å². The number of nitrogens with two attached hydrogens (primary N) is 1. The highest BCUT2D eigenvalue weighted by Gasteiger charge is 2.16. The van der Waals surface area contributed by atoms with E-state index in [1.165, 1.54) is 17.0 Å². The molecule has 1 aromatic carbocycles. The average Bonchev–Trinajstić information content (AvgIpc) is 2.94. The first-order chi connectivity index (χ1) is 10.3. The number of aryl methyl sites for hydroxylation is 1. The molecule has 0 amide bonds. The van der Waals surface area contributed by atoms with Gasteiger partial charge in [-0.05, 0) is 25.1 Å². The molecule has 112 valence electrons. The van der Waals surface area contributed by atoms with Crippen LogP contribution in [0.2, 0.25) is 0 Å². The summed E-state index contributed by atoms with van der Waals surface area (Å²) in [6, 6.07) is 10.7. The molecule has 0 radical (unpaired) electrons. The monoisotopic (exact) mass is 303 g/mol. The normalized spacial score (nSPS) is 16.3. The van der Waals surface area contributed by atoms with Crippen molar-refractivity contribution in [2.45, 2.75) is 12.8 Å². The second kappa shape index (κ2) is 6.87. The molecule has 5 nitrogen and oxygen atoms in total. The van der Waals surface area contributed by atoms with Crippen molar-refractivity contribution in [1.82, 2.24) is 15.1 Å². The largest absolute Gasteiger partial charge is 0.374 e. The van der Waals surface area contributed by atoms with Crippen molar-refractivity contribution < 1.29 is 0 Å². The Balaban J connectivity index is 1.40. The molecule has 21 heavy (non-hydrogen) atoms. The topological polar surface area (TPSA) is 58.3 Å². The van der Waals surface area contributed by atoms with E-state index in [9.17, 15) is 0 Å². The zero-order valence-corrected chi connectivity index (χ0v) is 12.9. The third-order valence-electron chi connectivity index (χ3n) is 3.84. The minimum absolute atomic E-state index is 0.571. The summed E-state index contributed by atoms with van der Waals surface area (Å²) in [7, 11) is 0. The summed E-state index contributed by atoms with van der Waals surface area (Å²) in [6.45, 7) is 5.61. The van der Waals surface area contributed by atoms with Gasteiger partial charge in [-0.1, -0.05) is 29.5 Å². The summed E-state index contributed by atoms with van der Waals surface area (Å²) >= 11 is 1.50. The highest BCUT2D eigenvalue weighted by Crippen LogP contribution is 2.16. The van der Waals surface area contributed by atoms with E-state index < -0.39 is 0 Å². The van der Waals surface area contributed by atoms with Gasteiger partial charge in [0.1, 0.15) is 5.01 Å². The maximum Gasteiger partial charge on any atom is 0.203 e. The van der Waals surface area contributed by atoms with Crippen LogP contribution < -0.4 is 10.6 Å².